The van der Waals surface area contributed by atoms with Crippen molar-refractivity contribution in [1.82, 2.24) is 14.5 Å². The number of thiazole rings is 1. The van der Waals surface area contributed by atoms with Crippen molar-refractivity contribution in [2.45, 2.75) is 39.2 Å². The number of rotatable bonds is 2. The number of anilines is 1. The van der Waals surface area contributed by atoms with Crippen LogP contribution in [0.2, 0.25) is 0 Å². The van der Waals surface area contributed by atoms with Gasteiger partial charge < -0.3 is 0 Å². The Morgan fingerprint density at radius 1 is 1.30 bits per heavy atom. The van der Waals surface area contributed by atoms with Gasteiger partial charge >= 0.3 is 0 Å². The molecule has 0 fully saturated rings. The highest BCUT2D eigenvalue weighted by molar-refractivity contribution is 7.15. The number of aromatic nitrogens is 3. The molecule has 6 nitrogen and oxygen atoms in total. The van der Waals surface area contributed by atoms with Crippen LogP contribution in [0.1, 0.15) is 46.7 Å². The molecular formula is C20H20N4O2S. The fourth-order valence-electron chi connectivity index (χ4n) is 3.32. The van der Waals surface area contributed by atoms with E-state index in [9.17, 15) is 9.59 Å². The minimum atomic E-state index is -0.265. The average Bonchev–Trinajstić information content (AvgIpc) is 3.05. The molecule has 0 saturated heterocycles. The average molecular weight is 380 g/mol. The van der Waals surface area contributed by atoms with E-state index in [4.69, 9.17) is 0 Å². The van der Waals surface area contributed by atoms with Gasteiger partial charge in [-0.15, -0.1) is 11.3 Å². The van der Waals surface area contributed by atoms with E-state index in [2.05, 4.69) is 21.9 Å². The molecule has 1 aromatic carbocycles. The van der Waals surface area contributed by atoms with Crippen molar-refractivity contribution < 1.29 is 4.79 Å². The predicted molar refractivity (Wildman–Crippen MR) is 108 cm³/mol. The lowest BCUT2D eigenvalue weighted by atomic mass is 10.0. The number of nitrogens with zero attached hydrogens (tertiary/aromatic N) is 3. The van der Waals surface area contributed by atoms with Crippen molar-refractivity contribution in [3.8, 4) is 0 Å². The highest BCUT2D eigenvalue weighted by atomic mass is 32.1. The van der Waals surface area contributed by atoms with Crippen molar-refractivity contribution in [3.63, 3.8) is 0 Å². The molecule has 3 aromatic rings. The number of carbonyl (C=O) groups excluding carboxylic acids is 1. The monoisotopic (exact) mass is 380 g/mol. The number of amides is 1. The summed E-state index contributed by atoms with van der Waals surface area (Å²) >= 11 is 1.42. The highest BCUT2D eigenvalue weighted by Gasteiger charge is 2.17. The van der Waals surface area contributed by atoms with E-state index in [-0.39, 0.29) is 11.5 Å². The Balaban J connectivity index is 1.75. The molecule has 0 bridgehead atoms. The van der Waals surface area contributed by atoms with Gasteiger partial charge in [-0.3, -0.25) is 19.5 Å². The minimum absolute atomic E-state index is 0.0689. The molecule has 0 aliphatic carbocycles. The summed E-state index contributed by atoms with van der Waals surface area (Å²) in [5, 5.41) is 3.86. The Hall–Kier alpha value is -2.80. The molecule has 4 rings (SSSR count). The second-order valence-electron chi connectivity index (χ2n) is 6.77. The zero-order valence-corrected chi connectivity index (χ0v) is 15.9. The van der Waals surface area contributed by atoms with E-state index in [1.165, 1.54) is 11.3 Å². The van der Waals surface area contributed by atoms with Crippen LogP contribution >= 0.6 is 11.3 Å². The fraction of sp³-hybridized carbons (Fsp3) is 0.300. The van der Waals surface area contributed by atoms with Crippen molar-refractivity contribution >= 4 is 38.9 Å². The molecule has 0 atom stereocenters. The SMILES string of the molecule is C=C1CCCCCn2c1nc1cc(C(=O)Nc3ncc(C)s3)ccc1c2=O. The van der Waals surface area contributed by atoms with Gasteiger partial charge in [-0.05, 0) is 50.0 Å². The van der Waals surface area contributed by atoms with E-state index >= 15 is 0 Å². The number of allylic oxidation sites excluding steroid dienone is 1. The van der Waals surface area contributed by atoms with Crippen LogP contribution in [0.4, 0.5) is 5.13 Å². The van der Waals surface area contributed by atoms with Crippen molar-refractivity contribution in [2.24, 2.45) is 0 Å². The topological polar surface area (TPSA) is 76.9 Å². The van der Waals surface area contributed by atoms with Crippen LogP contribution in [-0.4, -0.2) is 20.4 Å². The van der Waals surface area contributed by atoms with Crippen LogP contribution in [0, 0.1) is 6.92 Å². The second-order valence-corrected chi connectivity index (χ2v) is 8.00. The molecule has 27 heavy (non-hydrogen) atoms. The Labute approximate surface area is 160 Å². The van der Waals surface area contributed by atoms with Gasteiger partial charge in [0.1, 0.15) is 5.82 Å². The van der Waals surface area contributed by atoms with E-state index in [1.807, 2.05) is 6.92 Å². The molecule has 0 saturated carbocycles. The van der Waals surface area contributed by atoms with E-state index in [0.717, 1.165) is 36.1 Å². The first-order valence-corrected chi connectivity index (χ1v) is 9.81. The van der Waals surface area contributed by atoms with Crippen LogP contribution in [0.3, 0.4) is 0 Å². The fourth-order valence-corrected chi connectivity index (χ4v) is 3.98. The third-order valence-corrected chi connectivity index (χ3v) is 5.56. The number of benzene rings is 1. The first kappa shape index (κ1) is 17.6. The smallest absolute Gasteiger partial charge is 0.261 e. The number of hydrogen-bond donors (Lipinski definition) is 1. The summed E-state index contributed by atoms with van der Waals surface area (Å²) in [7, 11) is 0. The van der Waals surface area contributed by atoms with Gasteiger partial charge in [0, 0.05) is 23.2 Å². The third kappa shape index (κ3) is 3.42. The lowest BCUT2D eigenvalue weighted by Crippen LogP contribution is -2.26. The number of fused-ring (bicyclic) bond motifs is 2. The summed E-state index contributed by atoms with van der Waals surface area (Å²) in [6.07, 6.45) is 5.65. The molecule has 7 heteroatoms. The number of hydrogen-bond acceptors (Lipinski definition) is 5. The van der Waals surface area contributed by atoms with Crippen LogP contribution < -0.4 is 10.9 Å². The Morgan fingerprint density at radius 2 is 2.15 bits per heavy atom. The lowest BCUT2D eigenvalue weighted by Gasteiger charge is -2.18. The van der Waals surface area contributed by atoms with E-state index in [0.29, 0.717) is 34.0 Å². The molecule has 1 aliphatic heterocycles. The molecule has 0 spiro atoms. The molecule has 138 valence electrons. The van der Waals surface area contributed by atoms with Gasteiger partial charge in [0.15, 0.2) is 5.13 Å². The van der Waals surface area contributed by atoms with Crippen molar-refractivity contribution in [2.75, 3.05) is 5.32 Å². The maximum Gasteiger partial charge on any atom is 0.261 e. The third-order valence-electron chi connectivity index (χ3n) is 4.74. The molecule has 1 N–H and O–H groups in total. The van der Waals surface area contributed by atoms with Gasteiger partial charge in [0.2, 0.25) is 0 Å². The zero-order chi connectivity index (χ0) is 19.0. The molecule has 1 aliphatic rings. The summed E-state index contributed by atoms with van der Waals surface area (Å²) in [5.41, 5.74) is 1.78. The maximum absolute atomic E-state index is 12.9. The predicted octanol–water partition coefficient (Wildman–Crippen LogP) is 4.00. The summed E-state index contributed by atoms with van der Waals surface area (Å²) in [6.45, 7) is 6.70. The Morgan fingerprint density at radius 3 is 2.93 bits per heavy atom. The normalized spacial score (nSPS) is 14.5. The first-order chi connectivity index (χ1) is 13.0. The van der Waals surface area contributed by atoms with Gasteiger partial charge in [-0.1, -0.05) is 13.0 Å². The van der Waals surface area contributed by atoms with Crippen LogP contribution in [0.5, 0.6) is 0 Å². The van der Waals surface area contributed by atoms with Crippen molar-refractivity contribution in [3.05, 3.63) is 57.6 Å². The lowest BCUT2D eigenvalue weighted by molar-refractivity contribution is 0.102. The largest absolute Gasteiger partial charge is 0.298 e. The van der Waals surface area contributed by atoms with E-state index in [1.54, 1.807) is 29.0 Å². The highest BCUT2D eigenvalue weighted by Crippen LogP contribution is 2.23. The summed E-state index contributed by atoms with van der Waals surface area (Å²) < 4.78 is 1.72. The molecule has 3 heterocycles. The Bertz CT molecular complexity index is 1110. The van der Waals surface area contributed by atoms with Gasteiger partial charge in [0.05, 0.1) is 10.9 Å². The van der Waals surface area contributed by atoms with Crippen molar-refractivity contribution in [1.29, 1.82) is 0 Å². The molecule has 0 radical (unpaired) electrons. The van der Waals surface area contributed by atoms with Gasteiger partial charge in [0.25, 0.3) is 11.5 Å². The Kier molecular flexibility index (Phi) is 4.61. The minimum Gasteiger partial charge on any atom is -0.298 e. The molecule has 0 unspecified atom stereocenters. The van der Waals surface area contributed by atoms with Gasteiger partial charge in [-0.25, -0.2) is 9.97 Å². The zero-order valence-electron chi connectivity index (χ0n) is 15.1. The summed E-state index contributed by atoms with van der Waals surface area (Å²) in [6, 6.07) is 5.01. The maximum atomic E-state index is 12.9. The van der Waals surface area contributed by atoms with Crippen LogP contribution in [0.15, 0.2) is 35.8 Å². The number of nitrogens with one attached hydrogen (secondary N) is 1. The van der Waals surface area contributed by atoms with Crippen LogP contribution in [0.25, 0.3) is 16.5 Å². The van der Waals surface area contributed by atoms with Gasteiger partial charge in [-0.2, -0.15) is 0 Å². The number of aryl methyl sites for hydroxylation is 1. The van der Waals surface area contributed by atoms with E-state index < -0.39 is 0 Å². The quantitative estimate of drug-likeness (QED) is 0.729. The molecule has 2 aromatic heterocycles. The molecular weight excluding hydrogens is 360 g/mol. The van der Waals surface area contributed by atoms with Crippen LogP contribution in [-0.2, 0) is 6.54 Å². The summed E-state index contributed by atoms with van der Waals surface area (Å²) in [4.78, 5) is 35.3. The molecule has 1 amide bonds. The first-order valence-electron chi connectivity index (χ1n) is 8.99. The standard InChI is InChI=1S/C20H20N4O2S/c1-12-6-4-3-5-9-24-17(12)22-16-10-14(7-8-15(16)19(24)26)18(25)23-20-21-11-13(2)27-20/h7-8,10-11H,1,3-6,9H2,2H3,(H,21,23,25). The number of carbonyl (C=O) groups is 1. The summed E-state index contributed by atoms with van der Waals surface area (Å²) in [5.74, 6) is 0.374. The second kappa shape index (κ2) is 7.08.